The molecule has 1 fully saturated rings. The molecule has 184 valence electrons. The second-order valence-electron chi connectivity index (χ2n) is 9.83. The Labute approximate surface area is 213 Å². The normalized spacial score (nSPS) is 15.8. The van der Waals surface area contributed by atoms with Crippen molar-refractivity contribution < 1.29 is 4.52 Å². The van der Waals surface area contributed by atoms with Gasteiger partial charge in [-0.3, -0.25) is 4.90 Å². The van der Waals surface area contributed by atoms with E-state index in [0.717, 1.165) is 75.5 Å². The lowest BCUT2D eigenvalue weighted by atomic mass is 9.74. The predicted molar refractivity (Wildman–Crippen MR) is 144 cm³/mol. The van der Waals surface area contributed by atoms with Gasteiger partial charge >= 0.3 is 0 Å². The van der Waals surface area contributed by atoms with Gasteiger partial charge in [0.05, 0.1) is 18.0 Å². The molecule has 0 N–H and O–H groups in total. The Morgan fingerprint density at radius 1 is 1.00 bits per heavy atom. The number of hydrogen-bond donors (Lipinski definition) is 0. The fourth-order valence-electron chi connectivity index (χ4n) is 5.43. The van der Waals surface area contributed by atoms with Gasteiger partial charge < -0.3 is 9.42 Å². The van der Waals surface area contributed by atoms with Crippen molar-refractivity contribution in [3.8, 4) is 17.3 Å². The monoisotopic (exact) mass is 478 g/mol. The average molecular weight is 479 g/mol. The van der Waals surface area contributed by atoms with Crippen molar-refractivity contribution >= 4 is 10.8 Å². The fraction of sp³-hybridized carbons (Fsp3) is 0.355. The SMILES string of the molecule is CCN(CCCN1CCC(C#N)(c2ccccc2)CC1)Cc1cc(-c2cccc3ccccc23)no1. The van der Waals surface area contributed by atoms with Crippen molar-refractivity contribution in [2.24, 2.45) is 0 Å². The maximum Gasteiger partial charge on any atom is 0.151 e. The van der Waals surface area contributed by atoms with Crippen LogP contribution in [0.4, 0.5) is 0 Å². The summed E-state index contributed by atoms with van der Waals surface area (Å²) < 4.78 is 5.74. The molecule has 36 heavy (non-hydrogen) atoms. The fourth-order valence-corrected chi connectivity index (χ4v) is 5.43. The maximum atomic E-state index is 9.94. The Balaban J connectivity index is 1.13. The molecule has 5 heteroatoms. The highest BCUT2D eigenvalue weighted by molar-refractivity contribution is 5.95. The first kappa shape index (κ1) is 24.2. The zero-order chi connectivity index (χ0) is 24.8. The first-order valence-corrected chi connectivity index (χ1v) is 13.1. The highest BCUT2D eigenvalue weighted by atomic mass is 16.5. The van der Waals surface area contributed by atoms with E-state index in [1.54, 1.807) is 0 Å². The third kappa shape index (κ3) is 5.21. The first-order valence-electron chi connectivity index (χ1n) is 13.1. The third-order valence-corrected chi connectivity index (χ3v) is 7.65. The van der Waals surface area contributed by atoms with Crippen LogP contribution >= 0.6 is 0 Å². The quantitative estimate of drug-likeness (QED) is 0.284. The van der Waals surface area contributed by atoms with Crippen LogP contribution in [-0.2, 0) is 12.0 Å². The molecular weight excluding hydrogens is 444 g/mol. The number of likely N-dealkylation sites (tertiary alicyclic amines) is 1. The van der Waals surface area contributed by atoms with E-state index in [1.807, 2.05) is 18.2 Å². The number of piperidine rings is 1. The molecule has 0 atom stereocenters. The second kappa shape index (κ2) is 11.1. The summed E-state index contributed by atoms with van der Waals surface area (Å²) in [7, 11) is 0. The standard InChI is InChI=1S/C31H34N4O/c1-2-34(18-9-19-35-20-16-31(24-32,17-21-35)26-12-4-3-5-13-26)23-27-22-30(33-36-27)29-15-8-11-25-10-6-7-14-28(25)29/h3-8,10-15,22H,2,9,16-21,23H2,1H3. The van der Waals surface area contributed by atoms with Gasteiger partial charge in [-0.05, 0) is 68.3 Å². The first-order chi connectivity index (χ1) is 17.7. The molecule has 5 nitrogen and oxygen atoms in total. The van der Waals surface area contributed by atoms with Crippen molar-refractivity contribution in [3.05, 3.63) is 90.2 Å². The highest BCUT2D eigenvalue weighted by Crippen LogP contribution is 2.35. The molecule has 5 rings (SSSR count). The molecular formula is C31H34N4O. The molecule has 2 heterocycles. The van der Waals surface area contributed by atoms with Crippen LogP contribution in [0, 0.1) is 11.3 Å². The maximum absolute atomic E-state index is 9.94. The number of aromatic nitrogens is 1. The van der Waals surface area contributed by atoms with E-state index in [9.17, 15) is 5.26 Å². The summed E-state index contributed by atoms with van der Waals surface area (Å²) in [5.74, 6) is 0.902. The minimum absolute atomic E-state index is 0.332. The molecule has 4 aromatic rings. The molecule has 0 aliphatic carbocycles. The van der Waals surface area contributed by atoms with E-state index in [2.05, 4.69) is 88.6 Å². The minimum atomic E-state index is -0.332. The lowest BCUT2D eigenvalue weighted by Gasteiger charge is -2.37. The van der Waals surface area contributed by atoms with Crippen molar-refractivity contribution in [1.82, 2.24) is 15.0 Å². The molecule has 3 aromatic carbocycles. The van der Waals surface area contributed by atoms with E-state index < -0.39 is 0 Å². The average Bonchev–Trinajstić information content (AvgIpc) is 3.41. The molecule has 0 saturated carbocycles. The van der Waals surface area contributed by atoms with Gasteiger partial charge in [0.15, 0.2) is 5.76 Å². The smallest absolute Gasteiger partial charge is 0.151 e. The number of rotatable bonds is 9. The van der Waals surface area contributed by atoms with Crippen LogP contribution < -0.4 is 0 Å². The topological polar surface area (TPSA) is 56.3 Å². The van der Waals surface area contributed by atoms with Gasteiger partial charge in [0.25, 0.3) is 0 Å². The van der Waals surface area contributed by atoms with Gasteiger partial charge in [-0.1, -0.05) is 84.9 Å². The number of hydrogen-bond acceptors (Lipinski definition) is 5. The number of benzene rings is 3. The molecule has 0 bridgehead atoms. The molecule has 0 radical (unpaired) electrons. The van der Waals surface area contributed by atoms with E-state index >= 15 is 0 Å². The third-order valence-electron chi connectivity index (χ3n) is 7.65. The summed E-state index contributed by atoms with van der Waals surface area (Å²) in [4.78, 5) is 4.93. The molecule has 1 aliphatic heterocycles. The molecule has 1 aromatic heterocycles. The highest BCUT2D eigenvalue weighted by Gasteiger charge is 2.36. The Morgan fingerprint density at radius 3 is 2.53 bits per heavy atom. The molecule has 0 spiro atoms. The van der Waals surface area contributed by atoms with Crippen LogP contribution in [0.5, 0.6) is 0 Å². The summed E-state index contributed by atoms with van der Waals surface area (Å²) in [5, 5.41) is 16.7. The molecule has 0 amide bonds. The minimum Gasteiger partial charge on any atom is -0.359 e. The van der Waals surface area contributed by atoms with E-state index in [1.165, 1.54) is 16.3 Å². The largest absolute Gasteiger partial charge is 0.359 e. The zero-order valence-electron chi connectivity index (χ0n) is 21.1. The summed E-state index contributed by atoms with van der Waals surface area (Å²) in [6.07, 6.45) is 2.91. The molecule has 0 unspecified atom stereocenters. The second-order valence-corrected chi connectivity index (χ2v) is 9.83. The summed E-state index contributed by atoms with van der Waals surface area (Å²) in [6.45, 7) is 7.96. The van der Waals surface area contributed by atoms with Gasteiger partial charge in [0.1, 0.15) is 5.69 Å². The summed E-state index contributed by atoms with van der Waals surface area (Å²) in [6, 6.07) is 29.7. The Kier molecular flexibility index (Phi) is 7.46. The van der Waals surface area contributed by atoms with Crippen molar-refractivity contribution in [2.45, 2.75) is 38.1 Å². The van der Waals surface area contributed by atoms with Crippen LogP contribution in [-0.4, -0.2) is 47.7 Å². The van der Waals surface area contributed by atoms with Gasteiger partial charge in [-0.25, -0.2) is 0 Å². The molecule has 1 saturated heterocycles. The lowest BCUT2D eigenvalue weighted by Crippen LogP contribution is -2.42. The summed E-state index contributed by atoms with van der Waals surface area (Å²) in [5.41, 5.74) is 2.84. The van der Waals surface area contributed by atoms with E-state index in [-0.39, 0.29) is 5.41 Å². The van der Waals surface area contributed by atoms with Crippen LogP contribution in [0.15, 0.2) is 83.4 Å². The van der Waals surface area contributed by atoms with Crippen LogP contribution in [0.1, 0.15) is 37.5 Å². The van der Waals surface area contributed by atoms with E-state index in [4.69, 9.17) is 4.52 Å². The van der Waals surface area contributed by atoms with Gasteiger partial charge in [0.2, 0.25) is 0 Å². The number of nitriles is 1. The van der Waals surface area contributed by atoms with Crippen molar-refractivity contribution in [3.63, 3.8) is 0 Å². The molecule has 1 aliphatic rings. The Morgan fingerprint density at radius 2 is 1.75 bits per heavy atom. The Hall–Kier alpha value is -3.46. The lowest BCUT2D eigenvalue weighted by molar-refractivity contribution is 0.168. The van der Waals surface area contributed by atoms with Crippen LogP contribution in [0.2, 0.25) is 0 Å². The van der Waals surface area contributed by atoms with Crippen molar-refractivity contribution in [2.75, 3.05) is 32.7 Å². The zero-order valence-corrected chi connectivity index (χ0v) is 21.1. The van der Waals surface area contributed by atoms with Gasteiger partial charge in [-0.15, -0.1) is 0 Å². The number of fused-ring (bicyclic) bond motifs is 1. The van der Waals surface area contributed by atoms with Crippen LogP contribution in [0.25, 0.3) is 22.0 Å². The van der Waals surface area contributed by atoms with Gasteiger partial charge in [-0.2, -0.15) is 5.26 Å². The number of nitrogens with zero attached hydrogens (tertiary/aromatic N) is 4. The van der Waals surface area contributed by atoms with Gasteiger partial charge in [0, 0.05) is 11.6 Å². The Bertz CT molecular complexity index is 1310. The van der Waals surface area contributed by atoms with Crippen LogP contribution in [0.3, 0.4) is 0 Å². The summed E-state index contributed by atoms with van der Waals surface area (Å²) >= 11 is 0. The van der Waals surface area contributed by atoms with E-state index in [0.29, 0.717) is 0 Å². The van der Waals surface area contributed by atoms with Crippen molar-refractivity contribution in [1.29, 1.82) is 5.26 Å². The predicted octanol–water partition coefficient (Wildman–Crippen LogP) is 6.26.